The van der Waals surface area contributed by atoms with Crippen molar-refractivity contribution in [2.75, 3.05) is 59.0 Å². The highest BCUT2D eigenvalue weighted by molar-refractivity contribution is 5.96. The molecule has 2 fully saturated rings. The third-order valence-electron chi connectivity index (χ3n) is 7.07. The summed E-state index contributed by atoms with van der Waals surface area (Å²) < 4.78 is 5.38. The molecule has 0 aromatic heterocycles. The van der Waals surface area contributed by atoms with Gasteiger partial charge in [-0.05, 0) is 43.0 Å². The number of hydrogen-bond acceptors (Lipinski definition) is 5. The van der Waals surface area contributed by atoms with Gasteiger partial charge in [0.05, 0.1) is 13.8 Å². The Morgan fingerprint density at radius 2 is 1.69 bits per heavy atom. The largest absolute Gasteiger partial charge is 0.496 e. The molecule has 4 amide bonds. The number of rotatable bonds is 7. The Bertz CT molecular complexity index is 1080. The number of benzene rings is 2. The lowest BCUT2D eigenvalue weighted by atomic mass is 9.85. The maximum absolute atomic E-state index is 13.8. The SMILES string of the molecule is COc1ccccc1CCNC(=O)CN1CN(c2ccccc2)C2(CCN(C(=O)N(C)C)CC2)C1=O. The van der Waals surface area contributed by atoms with Gasteiger partial charge < -0.3 is 29.7 Å². The minimum atomic E-state index is -0.762. The average Bonchev–Trinajstić information content (AvgIpc) is 3.15. The van der Waals surface area contributed by atoms with Crippen LogP contribution in [0.5, 0.6) is 5.75 Å². The topological polar surface area (TPSA) is 85.4 Å². The smallest absolute Gasteiger partial charge is 0.319 e. The zero-order valence-corrected chi connectivity index (χ0v) is 21.3. The molecule has 0 bridgehead atoms. The van der Waals surface area contributed by atoms with E-state index in [1.165, 1.54) is 0 Å². The van der Waals surface area contributed by atoms with Gasteiger partial charge in [0.1, 0.15) is 17.8 Å². The number of nitrogens with zero attached hydrogens (tertiary/aromatic N) is 4. The first kappa shape index (κ1) is 25.3. The van der Waals surface area contributed by atoms with Crippen LogP contribution in [0.3, 0.4) is 0 Å². The molecule has 9 nitrogen and oxygen atoms in total. The van der Waals surface area contributed by atoms with Crippen molar-refractivity contribution in [1.29, 1.82) is 0 Å². The zero-order chi connectivity index (χ0) is 25.7. The maximum Gasteiger partial charge on any atom is 0.319 e. The van der Waals surface area contributed by atoms with Gasteiger partial charge in [0.15, 0.2) is 0 Å². The number of carbonyl (C=O) groups is 3. The summed E-state index contributed by atoms with van der Waals surface area (Å²) in [4.78, 5) is 46.1. The van der Waals surface area contributed by atoms with Gasteiger partial charge >= 0.3 is 6.03 Å². The molecule has 0 aliphatic carbocycles. The van der Waals surface area contributed by atoms with Gasteiger partial charge in [-0.2, -0.15) is 0 Å². The summed E-state index contributed by atoms with van der Waals surface area (Å²) in [6.07, 6.45) is 1.68. The summed E-state index contributed by atoms with van der Waals surface area (Å²) in [5, 5.41) is 2.95. The Kier molecular flexibility index (Phi) is 7.67. The van der Waals surface area contributed by atoms with Crippen molar-refractivity contribution in [2.24, 2.45) is 0 Å². The van der Waals surface area contributed by atoms with Crippen LogP contribution in [0, 0.1) is 0 Å². The lowest BCUT2D eigenvalue weighted by molar-refractivity contribution is -0.137. The molecule has 2 aromatic rings. The third-order valence-corrected chi connectivity index (χ3v) is 7.07. The van der Waals surface area contributed by atoms with E-state index >= 15 is 0 Å². The van der Waals surface area contributed by atoms with Crippen molar-refractivity contribution in [2.45, 2.75) is 24.8 Å². The number of methoxy groups -OCH3 is 1. The lowest BCUT2D eigenvalue weighted by Crippen LogP contribution is -2.58. The van der Waals surface area contributed by atoms with Crippen LogP contribution in [0.15, 0.2) is 54.6 Å². The lowest BCUT2D eigenvalue weighted by Gasteiger charge is -2.43. The van der Waals surface area contributed by atoms with Gasteiger partial charge in [-0.1, -0.05) is 36.4 Å². The average molecular weight is 494 g/mol. The fraction of sp³-hybridized carbons (Fsp3) is 0.444. The van der Waals surface area contributed by atoms with E-state index in [-0.39, 0.29) is 24.4 Å². The number of hydrogen-bond donors (Lipinski definition) is 1. The maximum atomic E-state index is 13.8. The molecule has 2 aliphatic heterocycles. The van der Waals surface area contributed by atoms with Crippen LogP contribution in [0.4, 0.5) is 10.5 Å². The van der Waals surface area contributed by atoms with Crippen molar-refractivity contribution >= 4 is 23.5 Å². The molecule has 2 aromatic carbocycles. The molecule has 0 radical (unpaired) electrons. The summed E-state index contributed by atoms with van der Waals surface area (Å²) in [5.74, 6) is 0.549. The monoisotopic (exact) mass is 493 g/mol. The van der Waals surface area contributed by atoms with Crippen molar-refractivity contribution in [1.82, 2.24) is 20.0 Å². The Hall–Kier alpha value is -3.75. The van der Waals surface area contributed by atoms with E-state index in [0.29, 0.717) is 45.6 Å². The standard InChI is InChI=1S/C27H35N5O4/c1-29(2)26(35)30-17-14-27(15-18-30)25(34)31(20-32(27)22-10-5-4-6-11-22)19-24(33)28-16-13-21-9-7-8-12-23(21)36-3/h4-12H,13-20H2,1-3H3,(H,28,33). The first-order valence-electron chi connectivity index (χ1n) is 12.3. The second-order valence-electron chi connectivity index (χ2n) is 9.52. The van der Waals surface area contributed by atoms with Gasteiger partial charge in [-0.15, -0.1) is 0 Å². The van der Waals surface area contributed by atoms with Gasteiger partial charge in [0.25, 0.3) is 5.91 Å². The molecule has 36 heavy (non-hydrogen) atoms. The fourth-order valence-corrected chi connectivity index (χ4v) is 5.15. The highest BCUT2D eigenvalue weighted by atomic mass is 16.5. The molecule has 2 aliphatic rings. The Labute approximate surface area is 212 Å². The minimum absolute atomic E-state index is 0.00379. The van der Waals surface area contributed by atoms with Crippen LogP contribution < -0.4 is 15.0 Å². The van der Waals surface area contributed by atoms with E-state index < -0.39 is 5.54 Å². The number of amides is 4. The van der Waals surface area contributed by atoms with Crippen LogP contribution in [0.2, 0.25) is 0 Å². The van der Waals surface area contributed by atoms with Gasteiger partial charge in [0, 0.05) is 39.4 Å². The van der Waals surface area contributed by atoms with Crippen molar-refractivity contribution in [3.05, 3.63) is 60.2 Å². The molecular formula is C27H35N5O4. The van der Waals surface area contributed by atoms with Crippen molar-refractivity contribution in [3.8, 4) is 5.75 Å². The molecule has 0 atom stereocenters. The molecule has 1 N–H and O–H groups in total. The Morgan fingerprint density at radius 1 is 1.03 bits per heavy atom. The number of anilines is 1. The normalized spacial score (nSPS) is 16.9. The molecule has 192 valence electrons. The molecule has 0 saturated carbocycles. The predicted octanol–water partition coefficient (Wildman–Crippen LogP) is 2.18. The van der Waals surface area contributed by atoms with Crippen LogP contribution in [-0.2, 0) is 16.0 Å². The fourth-order valence-electron chi connectivity index (χ4n) is 5.15. The highest BCUT2D eigenvalue weighted by Crippen LogP contribution is 2.39. The van der Waals surface area contributed by atoms with Gasteiger partial charge in [-0.3, -0.25) is 9.59 Å². The third kappa shape index (κ3) is 5.10. The van der Waals surface area contributed by atoms with E-state index in [1.807, 2.05) is 54.6 Å². The predicted molar refractivity (Wildman–Crippen MR) is 138 cm³/mol. The number of carbonyl (C=O) groups excluding carboxylic acids is 3. The molecule has 4 rings (SSSR count). The molecule has 1 spiro atoms. The molecule has 9 heteroatoms. The summed E-state index contributed by atoms with van der Waals surface area (Å²) in [6, 6.07) is 17.5. The minimum Gasteiger partial charge on any atom is -0.496 e. The van der Waals surface area contributed by atoms with Crippen molar-refractivity contribution in [3.63, 3.8) is 0 Å². The van der Waals surface area contributed by atoms with Crippen LogP contribution in [0.1, 0.15) is 18.4 Å². The van der Waals surface area contributed by atoms with Crippen LogP contribution >= 0.6 is 0 Å². The second-order valence-corrected chi connectivity index (χ2v) is 9.52. The molecular weight excluding hydrogens is 458 g/mol. The molecule has 2 heterocycles. The molecule has 2 saturated heterocycles. The van der Waals surface area contributed by atoms with E-state index in [2.05, 4.69) is 10.2 Å². The quantitative estimate of drug-likeness (QED) is 0.639. The van der Waals surface area contributed by atoms with Crippen molar-refractivity contribution < 1.29 is 19.1 Å². The Morgan fingerprint density at radius 3 is 2.36 bits per heavy atom. The number of urea groups is 1. The molecule has 0 unspecified atom stereocenters. The van der Waals surface area contributed by atoms with E-state index in [4.69, 9.17) is 4.74 Å². The zero-order valence-electron chi connectivity index (χ0n) is 21.3. The summed E-state index contributed by atoms with van der Waals surface area (Å²) in [5.41, 5.74) is 1.20. The summed E-state index contributed by atoms with van der Waals surface area (Å²) in [6.45, 7) is 1.77. The van der Waals surface area contributed by atoms with E-state index in [1.54, 1.807) is 35.9 Å². The number of likely N-dealkylation sites (tertiary alicyclic amines) is 1. The van der Waals surface area contributed by atoms with E-state index in [9.17, 15) is 14.4 Å². The van der Waals surface area contributed by atoms with E-state index in [0.717, 1.165) is 17.0 Å². The highest BCUT2D eigenvalue weighted by Gasteiger charge is 2.54. The summed E-state index contributed by atoms with van der Waals surface area (Å²) in [7, 11) is 5.10. The van der Waals surface area contributed by atoms with Gasteiger partial charge in [-0.25, -0.2) is 4.79 Å². The summed E-state index contributed by atoms with van der Waals surface area (Å²) >= 11 is 0. The first-order chi connectivity index (χ1) is 17.4. The van der Waals surface area contributed by atoms with Crippen LogP contribution in [0.25, 0.3) is 0 Å². The number of piperidine rings is 1. The number of para-hydroxylation sites is 2. The van der Waals surface area contributed by atoms with Crippen LogP contribution in [-0.4, -0.2) is 92.1 Å². The second kappa shape index (κ2) is 10.9. The first-order valence-corrected chi connectivity index (χ1v) is 12.3. The van der Waals surface area contributed by atoms with Gasteiger partial charge in [0.2, 0.25) is 5.91 Å². The Balaban J connectivity index is 1.43. The number of nitrogens with one attached hydrogen (secondary N) is 1. The number of ether oxygens (including phenoxy) is 1.